The Kier molecular flexibility index (Phi) is 3.58. The maximum atomic E-state index is 10.1. The first-order valence-corrected chi connectivity index (χ1v) is 4.17. The predicted octanol–water partition coefficient (Wildman–Crippen LogP) is 2.45. The first-order chi connectivity index (χ1) is 6.29. The number of hydrogen-bond acceptors (Lipinski definition) is 3. The molecule has 3 heteroatoms. The van der Waals surface area contributed by atoms with Gasteiger partial charge >= 0.3 is 0 Å². The number of nitroso groups, excluding NO2 is 1. The molecule has 70 valence electrons. The molecule has 1 atom stereocenters. The highest BCUT2D eigenvalue weighted by atomic mass is 16.5. The Hall–Kier alpha value is -1.22. The van der Waals surface area contributed by atoms with Crippen LogP contribution in [0, 0.1) is 11.8 Å². The minimum absolute atomic E-state index is 0.168. The number of benzene rings is 1. The van der Waals surface area contributed by atoms with Crippen LogP contribution in [-0.2, 0) is 4.74 Å². The van der Waals surface area contributed by atoms with Crippen molar-refractivity contribution in [1.82, 2.24) is 0 Å². The first-order valence-electron chi connectivity index (χ1n) is 4.17. The Labute approximate surface area is 77.7 Å². The zero-order chi connectivity index (χ0) is 9.68. The van der Waals surface area contributed by atoms with Crippen LogP contribution in [-0.4, -0.2) is 13.7 Å². The molecule has 0 spiro atoms. The summed E-state index contributed by atoms with van der Waals surface area (Å²) in [5.41, 5.74) is 2.16. The molecule has 0 amide bonds. The van der Waals surface area contributed by atoms with Crippen LogP contribution in [0.3, 0.4) is 0 Å². The number of methoxy groups -OCH3 is 1. The van der Waals surface area contributed by atoms with Crippen molar-refractivity contribution in [2.45, 2.75) is 13.0 Å². The average Bonchev–Trinajstić information content (AvgIpc) is 2.16. The predicted molar refractivity (Wildman–Crippen MR) is 51.6 cm³/mol. The highest BCUT2D eigenvalue weighted by Gasteiger charge is 2.11. The summed E-state index contributed by atoms with van der Waals surface area (Å²) in [6, 6.07) is 7.83. The molecule has 0 aliphatic heterocycles. The summed E-state index contributed by atoms with van der Waals surface area (Å²) in [5, 5.41) is 2.85. The summed E-state index contributed by atoms with van der Waals surface area (Å²) in [5.74, 6) is 0. The molecule has 0 radical (unpaired) electrons. The first kappa shape index (κ1) is 9.86. The van der Waals surface area contributed by atoms with Gasteiger partial charge in [-0.1, -0.05) is 29.4 Å². The van der Waals surface area contributed by atoms with Gasteiger partial charge in [0.2, 0.25) is 0 Å². The van der Waals surface area contributed by atoms with Gasteiger partial charge < -0.3 is 4.74 Å². The Morgan fingerprint density at radius 1 is 1.46 bits per heavy atom. The summed E-state index contributed by atoms with van der Waals surface area (Å²) >= 11 is 0. The third-order valence-corrected chi connectivity index (χ3v) is 2.06. The van der Waals surface area contributed by atoms with Gasteiger partial charge in [-0.3, -0.25) is 0 Å². The SMILES string of the molecule is CO[C@H](CN=O)c1ccccc1C. The van der Waals surface area contributed by atoms with Gasteiger partial charge in [-0.15, -0.1) is 0 Å². The highest BCUT2D eigenvalue weighted by Crippen LogP contribution is 2.20. The lowest BCUT2D eigenvalue weighted by molar-refractivity contribution is 0.110. The summed E-state index contributed by atoms with van der Waals surface area (Å²) in [6.45, 7) is 2.16. The van der Waals surface area contributed by atoms with Crippen LogP contribution in [0.4, 0.5) is 0 Å². The third kappa shape index (κ3) is 2.36. The van der Waals surface area contributed by atoms with Gasteiger partial charge in [-0.25, -0.2) is 0 Å². The summed E-state index contributed by atoms with van der Waals surface area (Å²) in [6.07, 6.45) is -0.210. The van der Waals surface area contributed by atoms with Crippen molar-refractivity contribution in [2.24, 2.45) is 5.18 Å². The molecular formula is C10H13NO2. The third-order valence-electron chi connectivity index (χ3n) is 2.06. The quantitative estimate of drug-likeness (QED) is 0.666. The minimum atomic E-state index is -0.210. The lowest BCUT2D eigenvalue weighted by atomic mass is 10.0. The molecular weight excluding hydrogens is 166 g/mol. The van der Waals surface area contributed by atoms with Crippen molar-refractivity contribution >= 4 is 0 Å². The fourth-order valence-electron chi connectivity index (χ4n) is 1.32. The smallest absolute Gasteiger partial charge is 0.111 e. The van der Waals surface area contributed by atoms with Gasteiger partial charge in [0, 0.05) is 7.11 Å². The second kappa shape index (κ2) is 4.72. The topological polar surface area (TPSA) is 38.7 Å². The lowest BCUT2D eigenvalue weighted by Gasteiger charge is -2.13. The van der Waals surface area contributed by atoms with Gasteiger partial charge in [0.15, 0.2) is 0 Å². The van der Waals surface area contributed by atoms with E-state index in [0.29, 0.717) is 0 Å². The summed E-state index contributed by atoms with van der Waals surface area (Å²) in [4.78, 5) is 10.1. The zero-order valence-corrected chi connectivity index (χ0v) is 7.86. The van der Waals surface area contributed by atoms with Crippen molar-refractivity contribution < 1.29 is 4.74 Å². The average molecular weight is 179 g/mol. The van der Waals surface area contributed by atoms with E-state index in [2.05, 4.69) is 5.18 Å². The largest absolute Gasteiger partial charge is 0.375 e. The van der Waals surface area contributed by atoms with Crippen molar-refractivity contribution in [3.8, 4) is 0 Å². The Balaban J connectivity index is 2.90. The Bertz CT molecular complexity index is 286. The lowest BCUT2D eigenvalue weighted by Crippen LogP contribution is -2.06. The second-order valence-electron chi connectivity index (χ2n) is 2.89. The fraction of sp³-hybridized carbons (Fsp3) is 0.400. The number of rotatable bonds is 4. The standard InChI is InChI=1S/C10H13NO2/c1-8-5-3-4-6-9(8)10(13-2)7-11-12/h3-6,10H,7H2,1-2H3/t10-/m1/s1. The number of nitrogens with zero attached hydrogens (tertiary/aromatic N) is 1. The van der Waals surface area contributed by atoms with Crippen LogP contribution in [0.25, 0.3) is 0 Å². The maximum absolute atomic E-state index is 10.1. The molecule has 3 nitrogen and oxygen atoms in total. The van der Waals surface area contributed by atoms with Crippen LogP contribution < -0.4 is 0 Å². The van der Waals surface area contributed by atoms with Crippen molar-refractivity contribution in [3.63, 3.8) is 0 Å². The number of hydrogen-bond donors (Lipinski definition) is 0. The van der Waals surface area contributed by atoms with Gasteiger partial charge in [-0.2, -0.15) is 4.91 Å². The van der Waals surface area contributed by atoms with Crippen molar-refractivity contribution in [3.05, 3.63) is 40.3 Å². The van der Waals surface area contributed by atoms with E-state index in [9.17, 15) is 4.91 Å². The zero-order valence-electron chi connectivity index (χ0n) is 7.86. The van der Waals surface area contributed by atoms with Gasteiger partial charge in [0.25, 0.3) is 0 Å². The molecule has 1 rings (SSSR count). The van der Waals surface area contributed by atoms with E-state index in [0.717, 1.165) is 11.1 Å². The van der Waals surface area contributed by atoms with E-state index in [-0.39, 0.29) is 12.6 Å². The van der Waals surface area contributed by atoms with E-state index in [1.54, 1.807) is 7.11 Å². The molecule has 0 fully saturated rings. The molecule has 0 aliphatic carbocycles. The number of aryl methyl sites for hydroxylation is 1. The normalized spacial score (nSPS) is 12.5. The second-order valence-corrected chi connectivity index (χ2v) is 2.89. The minimum Gasteiger partial charge on any atom is -0.375 e. The van der Waals surface area contributed by atoms with E-state index in [1.807, 2.05) is 31.2 Å². The molecule has 0 aliphatic rings. The molecule has 1 aromatic carbocycles. The molecule has 13 heavy (non-hydrogen) atoms. The summed E-state index contributed by atoms with van der Waals surface area (Å²) in [7, 11) is 1.59. The van der Waals surface area contributed by atoms with E-state index in [1.165, 1.54) is 0 Å². The van der Waals surface area contributed by atoms with Crippen molar-refractivity contribution in [1.29, 1.82) is 0 Å². The van der Waals surface area contributed by atoms with Crippen LogP contribution in [0.2, 0.25) is 0 Å². The molecule has 0 heterocycles. The maximum Gasteiger partial charge on any atom is 0.111 e. The summed E-state index contributed by atoms with van der Waals surface area (Å²) < 4.78 is 5.16. The molecule has 0 bridgehead atoms. The van der Waals surface area contributed by atoms with Gasteiger partial charge in [0.05, 0.1) is 0 Å². The van der Waals surface area contributed by atoms with E-state index in [4.69, 9.17) is 4.74 Å². The molecule has 0 unspecified atom stereocenters. The van der Waals surface area contributed by atoms with Gasteiger partial charge in [-0.05, 0) is 18.1 Å². The Morgan fingerprint density at radius 3 is 2.69 bits per heavy atom. The highest BCUT2D eigenvalue weighted by molar-refractivity contribution is 5.28. The Morgan fingerprint density at radius 2 is 2.15 bits per heavy atom. The van der Waals surface area contributed by atoms with Crippen LogP contribution in [0.1, 0.15) is 17.2 Å². The fourth-order valence-corrected chi connectivity index (χ4v) is 1.32. The van der Waals surface area contributed by atoms with Crippen LogP contribution in [0.5, 0.6) is 0 Å². The van der Waals surface area contributed by atoms with Crippen molar-refractivity contribution in [2.75, 3.05) is 13.7 Å². The van der Waals surface area contributed by atoms with Crippen LogP contribution in [0.15, 0.2) is 29.4 Å². The number of ether oxygens (including phenoxy) is 1. The molecule has 0 N–H and O–H groups in total. The molecule has 0 saturated carbocycles. The molecule has 0 aromatic heterocycles. The monoisotopic (exact) mass is 179 g/mol. The molecule has 1 aromatic rings. The van der Waals surface area contributed by atoms with Crippen LogP contribution >= 0.6 is 0 Å². The van der Waals surface area contributed by atoms with E-state index < -0.39 is 0 Å². The molecule has 0 saturated heterocycles. The van der Waals surface area contributed by atoms with Gasteiger partial charge in [0.1, 0.15) is 12.6 Å². The van der Waals surface area contributed by atoms with E-state index >= 15 is 0 Å².